The topological polar surface area (TPSA) is 55.1 Å². The van der Waals surface area contributed by atoms with Gasteiger partial charge in [0.2, 0.25) is 11.8 Å². The maximum absolute atomic E-state index is 11.2. The molecule has 16 heavy (non-hydrogen) atoms. The van der Waals surface area contributed by atoms with Crippen LogP contribution >= 0.6 is 0 Å². The lowest BCUT2D eigenvalue weighted by molar-refractivity contribution is -0.116. The number of carbonyl (C=O) groups excluding carboxylic acids is 1. The molecular weight excluding hydrogens is 204 g/mol. The van der Waals surface area contributed by atoms with Gasteiger partial charge in [0.05, 0.1) is 0 Å². The minimum absolute atomic E-state index is 0.148. The molecule has 0 unspecified atom stereocenters. The molecule has 0 spiro atoms. The van der Waals surface area contributed by atoms with Crippen molar-refractivity contribution in [2.24, 2.45) is 0 Å². The highest BCUT2D eigenvalue weighted by atomic mass is 16.3. The zero-order valence-corrected chi connectivity index (χ0v) is 8.93. The molecule has 2 rings (SSSR count). The van der Waals surface area contributed by atoms with E-state index in [2.05, 4.69) is 10.3 Å². The predicted molar refractivity (Wildman–Crippen MR) is 61.7 cm³/mol. The third-order valence-electron chi connectivity index (χ3n) is 2.04. The summed E-state index contributed by atoms with van der Waals surface area (Å²) >= 11 is 0. The van der Waals surface area contributed by atoms with Gasteiger partial charge >= 0.3 is 0 Å². The van der Waals surface area contributed by atoms with E-state index in [-0.39, 0.29) is 5.91 Å². The van der Waals surface area contributed by atoms with Crippen molar-refractivity contribution in [3.63, 3.8) is 0 Å². The summed E-state index contributed by atoms with van der Waals surface area (Å²) < 4.78 is 5.42. The van der Waals surface area contributed by atoms with Crippen LogP contribution in [-0.4, -0.2) is 17.4 Å². The number of amides is 1. The van der Waals surface area contributed by atoms with Crippen molar-refractivity contribution in [2.45, 2.75) is 6.92 Å². The van der Waals surface area contributed by atoms with Crippen LogP contribution in [-0.2, 0) is 4.79 Å². The SMILES string of the molecule is CCNC(=O)C=Cc1nc2ccccc2o1. The zero-order chi connectivity index (χ0) is 11.4. The Hall–Kier alpha value is -2.10. The van der Waals surface area contributed by atoms with Crippen LogP contribution in [0.3, 0.4) is 0 Å². The highest BCUT2D eigenvalue weighted by molar-refractivity contribution is 5.91. The van der Waals surface area contributed by atoms with Crippen LogP contribution in [0.25, 0.3) is 17.2 Å². The van der Waals surface area contributed by atoms with Gasteiger partial charge in [-0.05, 0) is 19.1 Å². The smallest absolute Gasteiger partial charge is 0.244 e. The normalized spacial score (nSPS) is 11.1. The summed E-state index contributed by atoms with van der Waals surface area (Å²) in [5.41, 5.74) is 1.51. The second kappa shape index (κ2) is 4.61. The fourth-order valence-electron chi connectivity index (χ4n) is 1.34. The average molecular weight is 216 g/mol. The van der Waals surface area contributed by atoms with Gasteiger partial charge in [-0.15, -0.1) is 0 Å². The lowest BCUT2D eigenvalue weighted by Gasteiger charge is -1.92. The number of nitrogens with one attached hydrogen (secondary N) is 1. The lowest BCUT2D eigenvalue weighted by Crippen LogP contribution is -2.19. The summed E-state index contributed by atoms with van der Waals surface area (Å²) in [5.74, 6) is 0.289. The number of oxazole rings is 1. The molecule has 0 saturated carbocycles. The van der Waals surface area contributed by atoms with E-state index in [1.54, 1.807) is 6.08 Å². The summed E-state index contributed by atoms with van der Waals surface area (Å²) in [5, 5.41) is 2.65. The Kier molecular flexibility index (Phi) is 3.00. The largest absolute Gasteiger partial charge is 0.437 e. The highest BCUT2D eigenvalue weighted by Crippen LogP contribution is 2.15. The first-order valence-corrected chi connectivity index (χ1v) is 5.11. The molecule has 4 nitrogen and oxygen atoms in total. The quantitative estimate of drug-likeness (QED) is 0.798. The van der Waals surface area contributed by atoms with Crippen LogP contribution in [0.1, 0.15) is 12.8 Å². The number of para-hydroxylation sites is 2. The molecule has 0 saturated heterocycles. The molecule has 2 aromatic rings. The second-order valence-electron chi connectivity index (χ2n) is 3.25. The third kappa shape index (κ3) is 2.28. The van der Waals surface area contributed by atoms with Gasteiger partial charge in [0.1, 0.15) is 5.52 Å². The number of hydrogen-bond acceptors (Lipinski definition) is 3. The Morgan fingerprint density at radius 3 is 3.06 bits per heavy atom. The van der Waals surface area contributed by atoms with Crippen LogP contribution in [0.2, 0.25) is 0 Å². The number of benzene rings is 1. The molecule has 0 aliphatic rings. The monoisotopic (exact) mass is 216 g/mol. The fraction of sp³-hybridized carbons (Fsp3) is 0.167. The molecule has 1 amide bonds. The van der Waals surface area contributed by atoms with Crippen LogP contribution in [0.5, 0.6) is 0 Å². The van der Waals surface area contributed by atoms with Gasteiger partial charge in [-0.25, -0.2) is 4.98 Å². The van der Waals surface area contributed by atoms with E-state index in [4.69, 9.17) is 4.42 Å². The number of rotatable bonds is 3. The van der Waals surface area contributed by atoms with Crippen LogP contribution < -0.4 is 5.32 Å². The second-order valence-corrected chi connectivity index (χ2v) is 3.25. The molecule has 0 bridgehead atoms. The molecule has 0 aliphatic heterocycles. The van der Waals surface area contributed by atoms with E-state index in [0.717, 1.165) is 11.1 Å². The van der Waals surface area contributed by atoms with Crippen LogP contribution in [0, 0.1) is 0 Å². The van der Waals surface area contributed by atoms with Gasteiger partial charge in [0.15, 0.2) is 5.58 Å². The highest BCUT2D eigenvalue weighted by Gasteiger charge is 2.01. The fourth-order valence-corrected chi connectivity index (χ4v) is 1.34. The molecule has 0 fully saturated rings. The van der Waals surface area contributed by atoms with E-state index < -0.39 is 0 Å². The van der Waals surface area contributed by atoms with Crippen molar-refractivity contribution < 1.29 is 9.21 Å². The van der Waals surface area contributed by atoms with E-state index in [1.165, 1.54) is 6.08 Å². The summed E-state index contributed by atoms with van der Waals surface area (Å²) in [7, 11) is 0. The van der Waals surface area contributed by atoms with Crippen LogP contribution in [0.15, 0.2) is 34.8 Å². The minimum Gasteiger partial charge on any atom is -0.437 e. The molecule has 0 atom stereocenters. The van der Waals surface area contributed by atoms with Gasteiger partial charge in [-0.3, -0.25) is 4.79 Å². The maximum atomic E-state index is 11.2. The van der Waals surface area contributed by atoms with Crippen molar-refractivity contribution in [1.82, 2.24) is 10.3 Å². The first-order chi connectivity index (χ1) is 7.79. The predicted octanol–water partition coefficient (Wildman–Crippen LogP) is 1.98. The lowest BCUT2D eigenvalue weighted by atomic mass is 10.3. The van der Waals surface area contributed by atoms with Gasteiger partial charge in [0.25, 0.3) is 0 Å². The molecule has 0 aliphatic carbocycles. The number of aromatic nitrogens is 1. The minimum atomic E-state index is -0.148. The van der Waals surface area contributed by atoms with Gasteiger partial charge in [-0.1, -0.05) is 12.1 Å². The van der Waals surface area contributed by atoms with Crippen molar-refractivity contribution in [2.75, 3.05) is 6.54 Å². The standard InChI is InChI=1S/C12H12N2O2/c1-2-13-11(15)7-8-12-14-9-5-3-4-6-10(9)16-12/h3-8H,2H2,1H3,(H,13,15). The van der Waals surface area contributed by atoms with Crippen molar-refractivity contribution in [3.05, 3.63) is 36.2 Å². The first kappa shape index (κ1) is 10.4. The van der Waals surface area contributed by atoms with E-state index in [1.807, 2.05) is 31.2 Å². The van der Waals surface area contributed by atoms with E-state index in [9.17, 15) is 4.79 Å². The Labute approximate surface area is 93.0 Å². The summed E-state index contributed by atoms with van der Waals surface area (Å²) in [6.07, 6.45) is 2.97. The number of nitrogens with zero attached hydrogens (tertiary/aromatic N) is 1. The molecule has 1 heterocycles. The number of fused-ring (bicyclic) bond motifs is 1. The Balaban J connectivity index is 2.18. The number of hydrogen-bond donors (Lipinski definition) is 1. The summed E-state index contributed by atoms with van der Waals surface area (Å²) in [6, 6.07) is 7.47. The number of likely N-dealkylation sites (N-methyl/N-ethyl adjacent to an activating group) is 1. The van der Waals surface area contributed by atoms with Crippen molar-refractivity contribution >= 4 is 23.1 Å². The van der Waals surface area contributed by atoms with E-state index in [0.29, 0.717) is 12.4 Å². The zero-order valence-electron chi connectivity index (χ0n) is 8.93. The molecule has 1 aromatic heterocycles. The van der Waals surface area contributed by atoms with Gasteiger partial charge < -0.3 is 9.73 Å². The Morgan fingerprint density at radius 2 is 2.31 bits per heavy atom. The molecule has 4 heteroatoms. The maximum Gasteiger partial charge on any atom is 0.244 e. The first-order valence-electron chi connectivity index (χ1n) is 5.11. The Bertz CT molecular complexity index is 496. The van der Waals surface area contributed by atoms with Gasteiger partial charge in [0, 0.05) is 18.7 Å². The van der Waals surface area contributed by atoms with Crippen molar-refractivity contribution in [3.8, 4) is 0 Å². The molecular formula is C12H12N2O2. The summed E-state index contributed by atoms with van der Waals surface area (Å²) in [6.45, 7) is 2.47. The molecule has 0 radical (unpaired) electrons. The third-order valence-corrected chi connectivity index (χ3v) is 2.04. The molecule has 82 valence electrons. The van der Waals surface area contributed by atoms with E-state index >= 15 is 0 Å². The molecule has 1 aromatic carbocycles. The van der Waals surface area contributed by atoms with Crippen LogP contribution in [0.4, 0.5) is 0 Å². The average Bonchev–Trinajstić information content (AvgIpc) is 2.69. The van der Waals surface area contributed by atoms with Crippen molar-refractivity contribution in [1.29, 1.82) is 0 Å². The Morgan fingerprint density at radius 1 is 1.50 bits per heavy atom. The summed E-state index contributed by atoms with van der Waals surface area (Å²) in [4.78, 5) is 15.4. The number of carbonyl (C=O) groups is 1. The van der Waals surface area contributed by atoms with Gasteiger partial charge in [-0.2, -0.15) is 0 Å². The molecule has 1 N–H and O–H groups in total.